The van der Waals surface area contributed by atoms with Crippen molar-refractivity contribution in [1.29, 1.82) is 0 Å². The summed E-state index contributed by atoms with van der Waals surface area (Å²) >= 11 is 0. The molecule has 136 valence electrons. The molecule has 1 aliphatic heterocycles. The van der Waals surface area contributed by atoms with Gasteiger partial charge in [0.15, 0.2) is 0 Å². The number of benzene rings is 1. The molecule has 2 amide bonds. The fourth-order valence-corrected chi connectivity index (χ4v) is 3.95. The van der Waals surface area contributed by atoms with E-state index in [9.17, 15) is 14.7 Å². The first-order chi connectivity index (χ1) is 12.0. The van der Waals surface area contributed by atoms with Gasteiger partial charge in [-0.2, -0.15) is 0 Å². The first kappa shape index (κ1) is 17.8. The van der Waals surface area contributed by atoms with E-state index in [4.69, 9.17) is 0 Å². The number of hydrogen-bond donors (Lipinski definition) is 1. The van der Waals surface area contributed by atoms with E-state index in [0.717, 1.165) is 18.5 Å². The summed E-state index contributed by atoms with van der Waals surface area (Å²) in [6.07, 6.45) is 6.30. The molecule has 1 N–H and O–H groups in total. The lowest BCUT2D eigenvalue weighted by Crippen LogP contribution is -2.37. The van der Waals surface area contributed by atoms with E-state index in [2.05, 4.69) is 0 Å². The quantitative estimate of drug-likeness (QED) is 0.917. The summed E-state index contributed by atoms with van der Waals surface area (Å²) in [7, 11) is 0. The number of aromatic hydroxyl groups is 1. The Balaban J connectivity index is 1.59. The van der Waals surface area contributed by atoms with Crippen molar-refractivity contribution in [3.63, 3.8) is 0 Å². The van der Waals surface area contributed by atoms with Gasteiger partial charge < -0.3 is 14.9 Å². The molecule has 0 spiro atoms. The zero-order chi connectivity index (χ0) is 17.8. The van der Waals surface area contributed by atoms with Crippen molar-refractivity contribution < 1.29 is 14.7 Å². The number of rotatable bonds is 3. The number of carbonyl (C=O) groups is 2. The van der Waals surface area contributed by atoms with E-state index in [1.165, 1.54) is 25.7 Å². The monoisotopic (exact) mass is 344 g/mol. The Labute approximate surface area is 149 Å². The fourth-order valence-electron chi connectivity index (χ4n) is 3.95. The van der Waals surface area contributed by atoms with Crippen LogP contribution in [-0.2, 0) is 4.79 Å². The van der Waals surface area contributed by atoms with Crippen molar-refractivity contribution in [2.75, 3.05) is 26.2 Å². The van der Waals surface area contributed by atoms with E-state index in [0.29, 0.717) is 37.5 Å². The van der Waals surface area contributed by atoms with Crippen LogP contribution in [0.5, 0.6) is 5.75 Å². The fraction of sp³-hybridized carbons (Fsp3) is 0.600. The topological polar surface area (TPSA) is 60.9 Å². The number of amides is 2. The van der Waals surface area contributed by atoms with E-state index in [1.807, 2.05) is 17.9 Å². The zero-order valence-electron chi connectivity index (χ0n) is 15.0. The maximum absolute atomic E-state index is 12.7. The highest BCUT2D eigenvalue weighted by Crippen LogP contribution is 2.28. The molecule has 1 saturated carbocycles. The Morgan fingerprint density at radius 3 is 2.44 bits per heavy atom. The van der Waals surface area contributed by atoms with Gasteiger partial charge in [0, 0.05) is 32.6 Å². The van der Waals surface area contributed by atoms with Crippen LogP contribution in [0.25, 0.3) is 0 Å². The highest BCUT2D eigenvalue weighted by molar-refractivity contribution is 5.97. The summed E-state index contributed by atoms with van der Waals surface area (Å²) in [5.41, 5.74) is 1.27. The molecule has 0 bridgehead atoms. The molecule has 5 heteroatoms. The molecule has 1 heterocycles. The van der Waals surface area contributed by atoms with Gasteiger partial charge >= 0.3 is 0 Å². The average molecular weight is 344 g/mol. The second-order valence-corrected chi connectivity index (χ2v) is 7.40. The minimum Gasteiger partial charge on any atom is -0.507 e. The average Bonchev–Trinajstić information content (AvgIpc) is 2.95. The van der Waals surface area contributed by atoms with Gasteiger partial charge in [0.1, 0.15) is 5.75 Å². The number of nitrogens with zero attached hydrogens (tertiary/aromatic N) is 2. The molecule has 2 fully saturated rings. The standard InChI is InChI=1S/C20H28N2O3/c1-15-7-8-17(18(23)13-15)20(25)22-10-4-9-21(11-12-22)19(24)14-16-5-2-3-6-16/h7-8,13,16,23H,2-6,9-12,14H2,1H3. The highest BCUT2D eigenvalue weighted by Gasteiger charge is 2.26. The van der Waals surface area contributed by atoms with Crippen LogP contribution >= 0.6 is 0 Å². The second-order valence-electron chi connectivity index (χ2n) is 7.40. The summed E-state index contributed by atoms with van der Waals surface area (Å²) in [6.45, 7) is 4.34. The molecular weight excluding hydrogens is 316 g/mol. The summed E-state index contributed by atoms with van der Waals surface area (Å²) in [4.78, 5) is 28.9. The second kappa shape index (κ2) is 7.89. The Bertz CT molecular complexity index is 638. The van der Waals surface area contributed by atoms with Crippen LogP contribution in [0.1, 0.15) is 54.4 Å². The summed E-state index contributed by atoms with van der Waals surface area (Å²) < 4.78 is 0. The van der Waals surface area contributed by atoms with Gasteiger partial charge in [-0.3, -0.25) is 9.59 Å². The third-order valence-electron chi connectivity index (χ3n) is 5.46. The Morgan fingerprint density at radius 1 is 1.04 bits per heavy atom. The summed E-state index contributed by atoms with van der Waals surface area (Å²) in [6, 6.07) is 5.13. The minimum atomic E-state index is -0.150. The van der Waals surface area contributed by atoms with Crippen LogP contribution in [0.2, 0.25) is 0 Å². The molecule has 2 aliphatic rings. The Hall–Kier alpha value is -2.04. The lowest BCUT2D eigenvalue weighted by Gasteiger charge is -2.23. The number of phenolic OH excluding ortho intramolecular Hbond substituents is 1. The molecule has 1 aromatic carbocycles. The number of hydrogen-bond acceptors (Lipinski definition) is 3. The smallest absolute Gasteiger partial charge is 0.257 e. The van der Waals surface area contributed by atoms with Gasteiger partial charge in [0.25, 0.3) is 5.91 Å². The molecule has 0 radical (unpaired) electrons. The molecule has 0 aromatic heterocycles. The number of carbonyl (C=O) groups excluding carboxylic acids is 2. The first-order valence-electron chi connectivity index (χ1n) is 9.41. The molecule has 1 aliphatic carbocycles. The van der Waals surface area contributed by atoms with E-state index >= 15 is 0 Å². The molecule has 0 unspecified atom stereocenters. The van der Waals surface area contributed by atoms with Crippen molar-refractivity contribution in [2.24, 2.45) is 5.92 Å². The number of aryl methyl sites for hydroxylation is 1. The van der Waals surface area contributed by atoms with Gasteiger partial charge in [-0.25, -0.2) is 0 Å². The third kappa shape index (κ3) is 4.33. The van der Waals surface area contributed by atoms with Crippen LogP contribution in [0, 0.1) is 12.8 Å². The summed E-state index contributed by atoms with van der Waals surface area (Å²) in [5.74, 6) is 0.670. The normalized spacial score (nSPS) is 19.1. The lowest BCUT2D eigenvalue weighted by molar-refractivity contribution is -0.132. The van der Waals surface area contributed by atoms with Crippen LogP contribution < -0.4 is 0 Å². The van der Waals surface area contributed by atoms with Crippen molar-refractivity contribution in [2.45, 2.75) is 45.4 Å². The van der Waals surface area contributed by atoms with Gasteiger partial charge in [-0.15, -0.1) is 0 Å². The van der Waals surface area contributed by atoms with Gasteiger partial charge in [-0.1, -0.05) is 18.9 Å². The van der Waals surface area contributed by atoms with Gasteiger partial charge in [-0.05, 0) is 49.8 Å². The highest BCUT2D eigenvalue weighted by atomic mass is 16.3. The predicted octanol–water partition coefficient (Wildman–Crippen LogP) is 2.96. The lowest BCUT2D eigenvalue weighted by atomic mass is 10.0. The molecule has 5 nitrogen and oxygen atoms in total. The van der Waals surface area contributed by atoms with Crippen molar-refractivity contribution >= 4 is 11.8 Å². The third-order valence-corrected chi connectivity index (χ3v) is 5.46. The molecule has 1 aromatic rings. The van der Waals surface area contributed by atoms with Crippen molar-refractivity contribution in [3.05, 3.63) is 29.3 Å². The Kier molecular flexibility index (Phi) is 5.61. The van der Waals surface area contributed by atoms with E-state index in [1.54, 1.807) is 17.0 Å². The molecule has 1 saturated heterocycles. The summed E-state index contributed by atoms with van der Waals surface area (Å²) in [5, 5.41) is 10.1. The van der Waals surface area contributed by atoms with Crippen LogP contribution in [0.4, 0.5) is 0 Å². The molecule has 3 rings (SSSR count). The molecular formula is C20H28N2O3. The minimum absolute atomic E-state index is 0.0309. The molecule has 0 atom stereocenters. The van der Waals surface area contributed by atoms with Crippen LogP contribution in [0.15, 0.2) is 18.2 Å². The van der Waals surface area contributed by atoms with Gasteiger partial charge in [0.2, 0.25) is 5.91 Å². The van der Waals surface area contributed by atoms with Crippen LogP contribution in [0.3, 0.4) is 0 Å². The van der Waals surface area contributed by atoms with Gasteiger partial charge in [0.05, 0.1) is 5.56 Å². The Morgan fingerprint density at radius 2 is 1.72 bits per heavy atom. The molecule has 25 heavy (non-hydrogen) atoms. The van der Waals surface area contributed by atoms with E-state index in [-0.39, 0.29) is 17.6 Å². The van der Waals surface area contributed by atoms with Crippen molar-refractivity contribution in [1.82, 2.24) is 9.80 Å². The van der Waals surface area contributed by atoms with Crippen molar-refractivity contribution in [3.8, 4) is 5.75 Å². The largest absolute Gasteiger partial charge is 0.507 e. The SMILES string of the molecule is Cc1ccc(C(=O)N2CCCN(C(=O)CC3CCCC3)CC2)c(O)c1. The number of phenols is 1. The maximum Gasteiger partial charge on any atom is 0.257 e. The maximum atomic E-state index is 12.7. The van der Waals surface area contributed by atoms with Crippen LogP contribution in [-0.4, -0.2) is 52.9 Å². The zero-order valence-corrected chi connectivity index (χ0v) is 15.0. The predicted molar refractivity (Wildman–Crippen MR) is 96.5 cm³/mol. The first-order valence-corrected chi connectivity index (χ1v) is 9.41. The van der Waals surface area contributed by atoms with E-state index < -0.39 is 0 Å².